The van der Waals surface area contributed by atoms with Gasteiger partial charge in [0.25, 0.3) is 5.91 Å². The van der Waals surface area contributed by atoms with Crippen LogP contribution in [0.15, 0.2) is 24.3 Å². The summed E-state index contributed by atoms with van der Waals surface area (Å²) in [7, 11) is 2.15. The van der Waals surface area contributed by atoms with Crippen molar-refractivity contribution in [2.45, 2.75) is 44.6 Å². The summed E-state index contributed by atoms with van der Waals surface area (Å²) in [5.41, 5.74) is 1.26. The first-order chi connectivity index (χ1) is 14.0. The molecule has 1 aromatic carbocycles. The number of nitrogens with zero attached hydrogens (tertiary/aromatic N) is 4. The second kappa shape index (κ2) is 8.34. The molecular formula is C23H34N4O2. The van der Waals surface area contributed by atoms with E-state index in [0.29, 0.717) is 12.1 Å². The summed E-state index contributed by atoms with van der Waals surface area (Å²) in [4.78, 5) is 35.3. The number of carbonyl (C=O) groups is 2. The van der Waals surface area contributed by atoms with Gasteiger partial charge in [0, 0.05) is 57.1 Å². The van der Waals surface area contributed by atoms with Gasteiger partial charge in [-0.15, -0.1) is 0 Å². The molecule has 0 aliphatic carbocycles. The van der Waals surface area contributed by atoms with Crippen molar-refractivity contribution in [3.8, 4) is 0 Å². The first-order valence-corrected chi connectivity index (χ1v) is 11.2. The third-order valence-electron chi connectivity index (χ3n) is 6.91. The summed E-state index contributed by atoms with van der Waals surface area (Å²) in [5.74, 6) is 0.185. The maximum atomic E-state index is 13.4. The van der Waals surface area contributed by atoms with Gasteiger partial charge in [0.05, 0.1) is 0 Å². The van der Waals surface area contributed by atoms with Crippen LogP contribution in [0.5, 0.6) is 0 Å². The summed E-state index contributed by atoms with van der Waals surface area (Å²) in [6, 6.07) is 8.01. The summed E-state index contributed by atoms with van der Waals surface area (Å²) in [6.07, 6.45) is 4.46. The van der Waals surface area contributed by atoms with E-state index in [1.54, 1.807) is 0 Å². The first-order valence-electron chi connectivity index (χ1n) is 11.2. The largest absolute Gasteiger partial charge is 0.369 e. The Kier molecular flexibility index (Phi) is 5.81. The molecule has 0 aromatic heterocycles. The van der Waals surface area contributed by atoms with Crippen molar-refractivity contribution in [1.29, 1.82) is 0 Å². The molecule has 29 heavy (non-hydrogen) atoms. The number of hydrogen-bond acceptors (Lipinski definition) is 4. The minimum absolute atomic E-state index is 0.0131. The third kappa shape index (κ3) is 3.75. The molecule has 4 rings (SSSR count). The van der Waals surface area contributed by atoms with Crippen LogP contribution < -0.4 is 4.90 Å². The van der Waals surface area contributed by atoms with Gasteiger partial charge in [-0.25, -0.2) is 0 Å². The average Bonchev–Trinajstić information content (AvgIpc) is 3.16. The summed E-state index contributed by atoms with van der Waals surface area (Å²) >= 11 is 0. The van der Waals surface area contributed by atoms with Crippen LogP contribution in [0.1, 0.15) is 49.4 Å². The zero-order valence-corrected chi connectivity index (χ0v) is 17.9. The van der Waals surface area contributed by atoms with E-state index >= 15 is 0 Å². The van der Waals surface area contributed by atoms with Crippen molar-refractivity contribution in [3.63, 3.8) is 0 Å². The van der Waals surface area contributed by atoms with E-state index in [-0.39, 0.29) is 11.8 Å². The van der Waals surface area contributed by atoms with E-state index in [1.165, 1.54) is 5.69 Å². The molecular weight excluding hydrogens is 364 g/mol. The zero-order valence-electron chi connectivity index (χ0n) is 17.9. The van der Waals surface area contributed by atoms with Gasteiger partial charge in [-0.05, 0) is 63.4 Å². The fourth-order valence-corrected chi connectivity index (χ4v) is 5.24. The smallest absolute Gasteiger partial charge is 0.254 e. The molecule has 1 spiro atoms. The van der Waals surface area contributed by atoms with Crippen LogP contribution in [0.3, 0.4) is 0 Å². The van der Waals surface area contributed by atoms with Gasteiger partial charge < -0.3 is 19.6 Å². The lowest BCUT2D eigenvalue weighted by atomic mass is 9.85. The second-order valence-electron chi connectivity index (χ2n) is 8.82. The van der Waals surface area contributed by atoms with E-state index in [4.69, 9.17) is 0 Å². The molecule has 3 heterocycles. The van der Waals surface area contributed by atoms with Gasteiger partial charge in [-0.3, -0.25) is 9.59 Å². The van der Waals surface area contributed by atoms with Crippen LogP contribution >= 0.6 is 0 Å². The predicted molar refractivity (Wildman–Crippen MR) is 115 cm³/mol. The zero-order chi connectivity index (χ0) is 20.4. The van der Waals surface area contributed by atoms with Crippen LogP contribution in [0.4, 0.5) is 5.69 Å². The molecule has 6 nitrogen and oxygen atoms in total. The number of benzene rings is 1. The summed E-state index contributed by atoms with van der Waals surface area (Å²) in [5, 5.41) is 0. The highest BCUT2D eigenvalue weighted by Gasteiger charge is 2.52. The van der Waals surface area contributed by atoms with E-state index in [1.807, 2.05) is 21.9 Å². The van der Waals surface area contributed by atoms with Crippen molar-refractivity contribution in [2.24, 2.45) is 0 Å². The number of rotatable bonds is 4. The van der Waals surface area contributed by atoms with Gasteiger partial charge in [-0.1, -0.05) is 6.92 Å². The highest BCUT2D eigenvalue weighted by molar-refractivity contribution is 6.00. The van der Waals surface area contributed by atoms with Gasteiger partial charge >= 0.3 is 0 Å². The number of piperidine rings is 1. The lowest BCUT2D eigenvalue weighted by molar-refractivity contribution is -0.145. The number of carbonyl (C=O) groups excluding carboxylic acids is 2. The van der Waals surface area contributed by atoms with Crippen molar-refractivity contribution in [1.82, 2.24) is 14.7 Å². The van der Waals surface area contributed by atoms with E-state index in [9.17, 15) is 9.59 Å². The van der Waals surface area contributed by atoms with E-state index in [2.05, 4.69) is 35.9 Å². The monoisotopic (exact) mass is 398 g/mol. The molecule has 3 fully saturated rings. The number of piperazine rings is 1. The van der Waals surface area contributed by atoms with Crippen LogP contribution in [0.25, 0.3) is 0 Å². The van der Waals surface area contributed by atoms with Crippen molar-refractivity contribution < 1.29 is 9.59 Å². The Labute approximate surface area is 174 Å². The SMILES string of the molecule is CCCN1CCCC2(CCCN2C(=O)c2ccc(N3CCN(C)CC3)cc2)C1=O. The minimum atomic E-state index is -0.610. The molecule has 3 aliphatic rings. The van der Waals surface area contributed by atoms with Crippen molar-refractivity contribution >= 4 is 17.5 Å². The quantitative estimate of drug-likeness (QED) is 0.782. The Balaban J connectivity index is 1.50. The van der Waals surface area contributed by atoms with E-state index in [0.717, 1.165) is 71.4 Å². The lowest BCUT2D eigenvalue weighted by Gasteiger charge is -2.44. The molecule has 1 atom stereocenters. The number of amides is 2. The number of likely N-dealkylation sites (N-methyl/N-ethyl adjacent to an activating group) is 1. The molecule has 0 N–H and O–H groups in total. The topological polar surface area (TPSA) is 47.1 Å². The highest BCUT2D eigenvalue weighted by atomic mass is 16.2. The minimum Gasteiger partial charge on any atom is -0.369 e. The maximum absolute atomic E-state index is 13.4. The average molecular weight is 399 g/mol. The second-order valence-corrected chi connectivity index (χ2v) is 8.82. The summed E-state index contributed by atoms with van der Waals surface area (Å²) in [6.45, 7) is 8.57. The molecule has 0 bridgehead atoms. The van der Waals surface area contributed by atoms with Crippen LogP contribution in [0.2, 0.25) is 0 Å². The Morgan fingerprint density at radius 1 is 0.966 bits per heavy atom. The normalized spacial score (nSPS) is 25.9. The number of anilines is 1. The first kappa shape index (κ1) is 20.2. The van der Waals surface area contributed by atoms with E-state index < -0.39 is 5.54 Å². The standard InChI is InChI=1S/C23H34N4O2/c1-3-12-26-13-4-10-23(22(26)29)11-5-14-27(23)21(28)19-6-8-20(9-7-19)25-17-15-24(2)16-18-25/h6-9H,3-5,10-18H2,1-2H3. The van der Waals surface area contributed by atoms with Gasteiger partial charge in [0.1, 0.15) is 5.54 Å². The van der Waals surface area contributed by atoms with Gasteiger partial charge in [-0.2, -0.15) is 0 Å². The Hall–Kier alpha value is -2.08. The molecule has 3 saturated heterocycles. The maximum Gasteiger partial charge on any atom is 0.254 e. The molecule has 158 valence electrons. The molecule has 2 amide bonds. The fourth-order valence-electron chi connectivity index (χ4n) is 5.24. The van der Waals surface area contributed by atoms with Crippen molar-refractivity contribution in [3.05, 3.63) is 29.8 Å². The summed E-state index contributed by atoms with van der Waals surface area (Å²) < 4.78 is 0. The third-order valence-corrected chi connectivity index (χ3v) is 6.91. The van der Waals surface area contributed by atoms with Gasteiger partial charge in [0.15, 0.2) is 0 Å². The van der Waals surface area contributed by atoms with Crippen LogP contribution in [-0.4, -0.2) is 84.9 Å². The highest BCUT2D eigenvalue weighted by Crippen LogP contribution is 2.39. The molecule has 3 aliphatic heterocycles. The number of hydrogen-bond donors (Lipinski definition) is 0. The molecule has 0 saturated carbocycles. The van der Waals surface area contributed by atoms with Crippen molar-refractivity contribution in [2.75, 3.05) is 57.8 Å². The Morgan fingerprint density at radius 3 is 2.28 bits per heavy atom. The van der Waals surface area contributed by atoms with Crippen LogP contribution in [0, 0.1) is 0 Å². The number of likely N-dealkylation sites (tertiary alicyclic amines) is 2. The fraction of sp³-hybridized carbons (Fsp3) is 0.652. The predicted octanol–water partition coefficient (Wildman–Crippen LogP) is 2.45. The molecule has 6 heteroatoms. The lowest BCUT2D eigenvalue weighted by Crippen LogP contribution is -2.61. The Morgan fingerprint density at radius 2 is 1.62 bits per heavy atom. The molecule has 1 aromatic rings. The Bertz CT molecular complexity index is 740. The van der Waals surface area contributed by atoms with Crippen LogP contribution in [-0.2, 0) is 4.79 Å². The molecule has 0 radical (unpaired) electrons. The molecule has 1 unspecified atom stereocenters. The van der Waals surface area contributed by atoms with Gasteiger partial charge in [0.2, 0.25) is 5.91 Å².